The third-order valence-electron chi connectivity index (χ3n) is 1.46. The molecular weight excluding hydrogens is 98.1 g/mol. The van der Waals surface area contributed by atoms with E-state index in [1.807, 2.05) is 0 Å². The highest BCUT2D eigenvalue weighted by atomic mass is 14.9. The fourth-order valence-corrected chi connectivity index (χ4v) is 0.953. The average Bonchev–Trinajstić information content (AvgIpc) is 1.56. The van der Waals surface area contributed by atoms with Gasteiger partial charge in [0.25, 0.3) is 0 Å². The van der Waals surface area contributed by atoms with Gasteiger partial charge in [-0.05, 0) is 24.8 Å². The molecule has 0 aromatic carbocycles. The van der Waals surface area contributed by atoms with Gasteiger partial charge in [-0.1, -0.05) is 13.8 Å². The van der Waals surface area contributed by atoms with Crippen LogP contribution in [0, 0.1) is 5.41 Å². The van der Waals surface area contributed by atoms with Gasteiger partial charge in [0.05, 0.1) is 0 Å². The van der Waals surface area contributed by atoms with E-state index in [-0.39, 0.29) is 5.41 Å². The van der Waals surface area contributed by atoms with Crippen molar-refractivity contribution in [2.45, 2.75) is 26.6 Å². The minimum atomic E-state index is -0.998. The van der Waals surface area contributed by atoms with Crippen molar-refractivity contribution in [2.24, 2.45) is 5.41 Å². The summed E-state index contributed by atoms with van der Waals surface area (Å²) in [5, 5.41) is 3.09. The first kappa shape index (κ1) is 3.89. The van der Waals surface area contributed by atoms with E-state index in [1.165, 1.54) is 0 Å². The van der Waals surface area contributed by atoms with Crippen LogP contribution in [0.15, 0.2) is 0 Å². The fourth-order valence-electron chi connectivity index (χ4n) is 0.953. The molecule has 0 amide bonds. The molecule has 0 spiro atoms. The second-order valence-corrected chi connectivity index (χ2v) is 3.19. The second-order valence-electron chi connectivity index (χ2n) is 3.19. The zero-order chi connectivity index (χ0) is 7.83. The lowest BCUT2D eigenvalue weighted by Crippen LogP contribution is -2.35. The minimum Gasteiger partial charge on any atom is -0.316 e. The Morgan fingerprint density at radius 2 is 2.38 bits per heavy atom. The summed E-state index contributed by atoms with van der Waals surface area (Å²) >= 11 is 0. The van der Waals surface area contributed by atoms with Crippen molar-refractivity contribution < 1.29 is 2.74 Å². The van der Waals surface area contributed by atoms with E-state index in [1.54, 1.807) is 0 Å². The number of piperidine rings is 1. The molecule has 0 aromatic heterocycles. The van der Waals surface area contributed by atoms with Crippen molar-refractivity contribution >= 4 is 0 Å². The van der Waals surface area contributed by atoms with E-state index in [2.05, 4.69) is 19.2 Å². The predicted molar refractivity (Wildman–Crippen MR) is 35.9 cm³/mol. The van der Waals surface area contributed by atoms with Gasteiger partial charge in [0, 0.05) is 9.29 Å². The lowest BCUT2D eigenvalue weighted by Gasteiger charge is -2.29. The van der Waals surface area contributed by atoms with Crippen LogP contribution in [0.25, 0.3) is 0 Å². The maximum Gasteiger partial charge on any atom is 0.0280 e. The summed E-state index contributed by atoms with van der Waals surface area (Å²) in [5.74, 6) is 0. The van der Waals surface area contributed by atoms with Crippen LogP contribution >= 0.6 is 0 Å². The summed E-state index contributed by atoms with van der Waals surface area (Å²) in [7, 11) is 0. The van der Waals surface area contributed by atoms with Gasteiger partial charge in [-0.3, -0.25) is 0 Å². The first-order chi connectivity index (χ1) is 4.41. The Bertz CT molecular complexity index is 118. The highest BCUT2D eigenvalue weighted by molar-refractivity contribution is 4.75. The first-order valence-electron chi connectivity index (χ1n) is 4.12. The van der Waals surface area contributed by atoms with E-state index >= 15 is 0 Å². The topological polar surface area (TPSA) is 12.0 Å². The van der Waals surface area contributed by atoms with Crippen LogP contribution in [0.5, 0.6) is 0 Å². The lowest BCUT2D eigenvalue weighted by molar-refractivity contribution is 0.265. The van der Waals surface area contributed by atoms with Crippen LogP contribution in [-0.4, -0.2) is 13.1 Å². The quantitative estimate of drug-likeness (QED) is 0.503. The van der Waals surface area contributed by atoms with Crippen LogP contribution < -0.4 is 5.32 Å². The van der Waals surface area contributed by atoms with E-state index in [0.717, 1.165) is 6.54 Å². The smallest absolute Gasteiger partial charge is 0.0280 e. The lowest BCUT2D eigenvalue weighted by atomic mass is 9.85. The first-order valence-corrected chi connectivity index (χ1v) is 3.12. The molecular formula is C7H15N. The molecule has 0 saturated carbocycles. The molecule has 1 heterocycles. The Morgan fingerprint density at radius 1 is 1.62 bits per heavy atom. The van der Waals surface area contributed by atoms with Crippen LogP contribution in [0.4, 0.5) is 0 Å². The van der Waals surface area contributed by atoms with E-state index in [9.17, 15) is 0 Å². The monoisotopic (exact) mass is 115 g/mol. The predicted octanol–water partition coefficient (Wildman–Crippen LogP) is 1.40. The van der Waals surface area contributed by atoms with Gasteiger partial charge in [0.2, 0.25) is 0 Å². The molecule has 8 heavy (non-hydrogen) atoms. The maximum absolute atomic E-state index is 7.49. The summed E-state index contributed by atoms with van der Waals surface area (Å²) in [6.45, 7) is 5.64. The maximum atomic E-state index is 7.49. The third kappa shape index (κ3) is 1.48. The van der Waals surface area contributed by atoms with Gasteiger partial charge in [0.15, 0.2) is 0 Å². The highest BCUT2D eigenvalue weighted by Gasteiger charge is 2.19. The van der Waals surface area contributed by atoms with Crippen molar-refractivity contribution in [3.8, 4) is 0 Å². The Hall–Kier alpha value is -0.0400. The van der Waals surface area contributed by atoms with Gasteiger partial charge in [-0.25, -0.2) is 0 Å². The Morgan fingerprint density at radius 3 is 2.75 bits per heavy atom. The number of rotatable bonds is 0. The van der Waals surface area contributed by atoms with Crippen LogP contribution in [-0.2, 0) is 0 Å². The van der Waals surface area contributed by atoms with Gasteiger partial charge >= 0.3 is 0 Å². The summed E-state index contributed by atoms with van der Waals surface area (Å²) in [5.41, 5.74) is 0.127. The zero-order valence-corrected chi connectivity index (χ0v) is 5.62. The van der Waals surface area contributed by atoms with E-state index in [0.29, 0.717) is 13.0 Å². The molecule has 48 valence electrons. The largest absolute Gasteiger partial charge is 0.316 e. The molecule has 1 nitrogen and oxygen atoms in total. The van der Waals surface area contributed by atoms with Crippen molar-refractivity contribution in [3.05, 3.63) is 0 Å². The minimum absolute atomic E-state index is 0.127. The average molecular weight is 115 g/mol. The Kier molecular flexibility index (Phi) is 1.00. The normalized spacial score (nSPS) is 37.8. The second kappa shape index (κ2) is 2.06. The molecule has 1 aliphatic heterocycles. The molecule has 1 aliphatic rings. The fraction of sp³-hybridized carbons (Fsp3) is 1.00. The SMILES string of the molecule is [2H]C1([2H])CNCC(C)(C)C1. The van der Waals surface area contributed by atoms with Gasteiger partial charge in [-0.2, -0.15) is 0 Å². The van der Waals surface area contributed by atoms with Gasteiger partial charge < -0.3 is 5.32 Å². The molecule has 0 unspecified atom stereocenters. The molecule has 1 rings (SSSR count). The van der Waals surface area contributed by atoms with Crippen molar-refractivity contribution in [2.75, 3.05) is 13.1 Å². The number of nitrogens with one attached hydrogen (secondary N) is 1. The van der Waals surface area contributed by atoms with Gasteiger partial charge in [-0.15, -0.1) is 0 Å². The van der Waals surface area contributed by atoms with E-state index < -0.39 is 6.37 Å². The summed E-state index contributed by atoms with van der Waals surface area (Å²) in [6, 6.07) is 0. The molecule has 0 radical (unpaired) electrons. The van der Waals surface area contributed by atoms with Crippen LogP contribution in [0.2, 0.25) is 0 Å². The number of hydrogen-bond donors (Lipinski definition) is 1. The molecule has 1 heteroatoms. The molecule has 0 bridgehead atoms. The summed E-state index contributed by atoms with van der Waals surface area (Å²) in [4.78, 5) is 0. The number of hydrogen-bond acceptors (Lipinski definition) is 1. The third-order valence-corrected chi connectivity index (χ3v) is 1.46. The molecule has 1 fully saturated rings. The van der Waals surface area contributed by atoms with Crippen molar-refractivity contribution in [1.82, 2.24) is 5.32 Å². The molecule has 0 atom stereocenters. The zero-order valence-electron chi connectivity index (χ0n) is 7.62. The molecule has 1 N–H and O–H groups in total. The molecule has 1 saturated heterocycles. The Labute approximate surface area is 54.3 Å². The van der Waals surface area contributed by atoms with Crippen molar-refractivity contribution in [3.63, 3.8) is 0 Å². The Balaban J connectivity index is 2.56. The van der Waals surface area contributed by atoms with Crippen LogP contribution in [0.1, 0.15) is 29.4 Å². The summed E-state index contributed by atoms with van der Waals surface area (Å²) < 4.78 is 15.0. The standard InChI is InChI=1S/C7H15N/c1-7(2)4-3-5-8-6-7/h8H,3-6H2,1-2H3/i3D2. The van der Waals surface area contributed by atoms with Crippen LogP contribution in [0.3, 0.4) is 0 Å². The molecule has 0 aromatic rings. The molecule has 0 aliphatic carbocycles. The van der Waals surface area contributed by atoms with Crippen molar-refractivity contribution in [1.29, 1.82) is 0 Å². The summed E-state index contributed by atoms with van der Waals surface area (Å²) in [6.07, 6.45) is -0.325. The highest BCUT2D eigenvalue weighted by Crippen LogP contribution is 2.23. The van der Waals surface area contributed by atoms with Gasteiger partial charge in [0.1, 0.15) is 0 Å². The van der Waals surface area contributed by atoms with E-state index in [4.69, 9.17) is 2.74 Å².